The summed E-state index contributed by atoms with van der Waals surface area (Å²) in [5, 5.41) is 7.06. The van der Waals surface area contributed by atoms with E-state index in [9.17, 15) is 9.59 Å². The molecule has 10 nitrogen and oxygen atoms in total. The first kappa shape index (κ1) is 23.8. The zero-order chi connectivity index (χ0) is 26.2. The number of amides is 2. The molecule has 2 aliphatic rings. The van der Waals surface area contributed by atoms with Crippen LogP contribution in [0.3, 0.4) is 0 Å². The highest BCUT2D eigenvalue weighted by atomic mass is 16.5. The molecule has 4 heterocycles. The summed E-state index contributed by atoms with van der Waals surface area (Å²) in [5.41, 5.74) is 3.63. The lowest BCUT2D eigenvalue weighted by Crippen LogP contribution is -2.31. The van der Waals surface area contributed by atoms with E-state index >= 15 is 0 Å². The first-order valence-electron chi connectivity index (χ1n) is 12.5. The number of imidazole rings is 1. The van der Waals surface area contributed by atoms with Crippen LogP contribution in [0.5, 0.6) is 11.5 Å². The third kappa shape index (κ3) is 4.38. The fraction of sp³-hybridized carbons (Fsp3) is 0.286. The van der Waals surface area contributed by atoms with Gasteiger partial charge in [0, 0.05) is 48.4 Å². The lowest BCUT2D eigenvalue weighted by molar-refractivity contribution is -0.123. The molecular formula is C28H27N5O5. The molecule has 2 aromatic heterocycles. The van der Waals surface area contributed by atoms with Crippen molar-refractivity contribution in [2.24, 2.45) is 0 Å². The summed E-state index contributed by atoms with van der Waals surface area (Å²) < 4.78 is 18.4. The minimum absolute atomic E-state index is 0.0939. The highest BCUT2D eigenvalue weighted by Crippen LogP contribution is 2.35. The van der Waals surface area contributed by atoms with Crippen LogP contribution in [0.1, 0.15) is 46.3 Å². The summed E-state index contributed by atoms with van der Waals surface area (Å²) in [7, 11) is 1.55. The number of rotatable bonds is 3. The van der Waals surface area contributed by atoms with E-state index < -0.39 is 0 Å². The zero-order valence-electron chi connectivity index (χ0n) is 21.1. The van der Waals surface area contributed by atoms with Crippen molar-refractivity contribution in [2.45, 2.75) is 32.4 Å². The van der Waals surface area contributed by atoms with E-state index in [4.69, 9.17) is 14.0 Å². The maximum absolute atomic E-state index is 13.9. The number of carbonyl (C=O) groups excluding carboxylic acids is 2. The fourth-order valence-electron chi connectivity index (χ4n) is 5.11. The number of nitrogens with one attached hydrogen (secondary N) is 1. The van der Waals surface area contributed by atoms with E-state index in [1.807, 2.05) is 52.9 Å². The molecule has 4 bridgehead atoms. The van der Waals surface area contributed by atoms with Crippen LogP contribution < -0.4 is 14.8 Å². The van der Waals surface area contributed by atoms with Gasteiger partial charge in [-0.3, -0.25) is 14.2 Å². The number of ether oxygens (including phenoxy) is 2. The molecular weight excluding hydrogens is 486 g/mol. The van der Waals surface area contributed by atoms with Gasteiger partial charge in [-0.05, 0) is 61.7 Å². The topological polar surface area (TPSA) is 112 Å². The largest absolute Gasteiger partial charge is 0.493 e. The van der Waals surface area contributed by atoms with Crippen molar-refractivity contribution in [3.05, 3.63) is 77.4 Å². The minimum Gasteiger partial charge on any atom is -0.493 e. The number of benzene rings is 2. The summed E-state index contributed by atoms with van der Waals surface area (Å²) in [6, 6.07) is 12.9. The summed E-state index contributed by atoms with van der Waals surface area (Å²) >= 11 is 0. The molecule has 2 amide bonds. The predicted molar refractivity (Wildman–Crippen MR) is 137 cm³/mol. The Morgan fingerprint density at radius 2 is 2.08 bits per heavy atom. The average Bonchev–Trinajstić information content (AvgIpc) is 3.70. The Kier molecular flexibility index (Phi) is 6.07. The van der Waals surface area contributed by atoms with Gasteiger partial charge in [-0.1, -0.05) is 5.16 Å². The zero-order valence-corrected chi connectivity index (χ0v) is 21.1. The van der Waals surface area contributed by atoms with Crippen LogP contribution in [0.15, 0.2) is 59.4 Å². The molecule has 2 aliphatic heterocycles. The number of carbonyl (C=O) groups is 2. The second-order valence-corrected chi connectivity index (χ2v) is 9.46. The molecule has 6 rings (SSSR count). The van der Waals surface area contributed by atoms with Gasteiger partial charge in [-0.25, -0.2) is 4.98 Å². The molecule has 1 fully saturated rings. The van der Waals surface area contributed by atoms with Gasteiger partial charge in [0.2, 0.25) is 0 Å². The number of fused-ring (bicyclic) bond motifs is 7. The normalized spacial score (nSPS) is 16.9. The van der Waals surface area contributed by atoms with Crippen LogP contribution in [0, 0.1) is 6.92 Å². The number of hydrogen-bond acceptors (Lipinski definition) is 7. The second kappa shape index (κ2) is 9.70. The van der Waals surface area contributed by atoms with Crippen molar-refractivity contribution in [3.63, 3.8) is 0 Å². The van der Waals surface area contributed by atoms with Crippen molar-refractivity contribution in [1.29, 1.82) is 0 Å². The third-order valence-corrected chi connectivity index (χ3v) is 6.91. The average molecular weight is 514 g/mol. The maximum Gasteiger partial charge on any atom is 0.258 e. The maximum atomic E-state index is 13.9. The van der Waals surface area contributed by atoms with Gasteiger partial charge >= 0.3 is 0 Å². The number of likely N-dealkylation sites (tertiary alicyclic amines) is 1. The van der Waals surface area contributed by atoms with Crippen LogP contribution in [0.25, 0.3) is 17.1 Å². The molecule has 10 heteroatoms. The molecule has 0 spiro atoms. The highest BCUT2D eigenvalue weighted by molar-refractivity contribution is 5.95. The molecule has 0 radical (unpaired) electrons. The summed E-state index contributed by atoms with van der Waals surface area (Å²) in [6.07, 6.45) is 5.27. The van der Waals surface area contributed by atoms with E-state index in [1.54, 1.807) is 25.4 Å². The van der Waals surface area contributed by atoms with E-state index in [0.29, 0.717) is 29.4 Å². The highest BCUT2D eigenvalue weighted by Gasteiger charge is 2.33. The molecule has 1 atom stereocenters. The number of aromatic nitrogens is 3. The van der Waals surface area contributed by atoms with Crippen LogP contribution in [-0.4, -0.2) is 51.7 Å². The number of hydrogen-bond donors (Lipinski definition) is 1. The third-order valence-electron chi connectivity index (χ3n) is 6.91. The van der Waals surface area contributed by atoms with Gasteiger partial charge in [0.05, 0.1) is 13.2 Å². The summed E-state index contributed by atoms with van der Waals surface area (Å²) in [4.78, 5) is 32.9. The smallest absolute Gasteiger partial charge is 0.258 e. The Balaban J connectivity index is 1.43. The van der Waals surface area contributed by atoms with Gasteiger partial charge in [0.15, 0.2) is 18.1 Å². The Bertz CT molecular complexity index is 1520. The van der Waals surface area contributed by atoms with Crippen molar-refractivity contribution in [3.8, 4) is 28.6 Å². The second-order valence-electron chi connectivity index (χ2n) is 9.46. The summed E-state index contributed by atoms with van der Waals surface area (Å²) in [6.45, 7) is 2.54. The van der Waals surface area contributed by atoms with Gasteiger partial charge in [-0.15, -0.1) is 0 Å². The first-order valence-corrected chi connectivity index (χ1v) is 12.5. The van der Waals surface area contributed by atoms with Crippen LogP contribution in [0.2, 0.25) is 0 Å². The van der Waals surface area contributed by atoms with Crippen LogP contribution in [-0.2, 0) is 11.3 Å². The minimum atomic E-state index is -0.284. The monoisotopic (exact) mass is 513 g/mol. The molecule has 2 aromatic carbocycles. The van der Waals surface area contributed by atoms with Crippen molar-refractivity contribution < 1.29 is 23.6 Å². The molecule has 4 aromatic rings. The van der Waals surface area contributed by atoms with Gasteiger partial charge in [0.25, 0.3) is 11.8 Å². The molecule has 0 aliphatic carbocycles. The van der Waals surface area contributed by atoms with Crippen molar-refractivity contribution >= 4 is 11.8 Å². The fourth-order valence-corrected chi connectivity index (χ4v) is 5.11. The van der Waals surface area contributed by atoms with Crippen molar-refractivity contribution in [1.82, 2.24) is 24.9 Å². The molecule has 1 unspecified atom stereocenters. The molecule has 0 saturated carbocycles. The van der Waals surface area contributed by atoms with Gasteiger partial charge in [0.1, 0.15) is 17.3 Å². The Morgan fingerprint density at radius 3 is 2.89 bits per heavy atom. The molecule has 1 saturated heterocycles. The number of aryl methyl sites for hydroxylation is 1. The van der Waals surface area contributed by atoms with E-state index in [2.05, 4.69) is 15.5 Å². The number of nitrogens with zero attached hydrogens (tertiary/aromatic N) is 4. The SMILES string of the molecule is COc1ccc2cc1OCC(=O)NCc1cc(C(=O)N3CCCC3c3cc(C)on3)cc(c1)-n1ccnc1-2. The Hall–Kier alpha value is -4.60. The van der Waals surface area contributed by atoms with Gasteiger partial charge < -0.3 is 24.2 Å². The molecule has 38 heavy (non-hydrogen) atoms. The lowest BCUT2D eigenvalue weighted by Gasteiger charge is -2.24. The first-order chi connectivity index (χ1) is 18.5. The predicted octanol–water partition coefficient (Wildman–Crippen LogP) is 3.83. The van der Waals surface area contributed by atoms with E-state index in [-0.39, 0.29) is 31.0 Å². The van der Waals surface area contributed by atoms with Crippen LogP contribution in [0.4, 0.5) is 0 Å². The number of methoxy groups -OCH3 is 1. The molecule has 194 valence electrons. The summed E-state index contributed by atoms with van der Waals surface area (Å²) in [5.74, 6) is 1.97. The molecule has 1 N–H and O–H groups in total. The Morgan fingerprint density at radius 1 is 1.18 bits per heavy atom. The van der Waals surface area contributed by atoms with E-state index in [0.717, 1.165) is 41.1 Å². The quantitative estimate of drug-likeness (QED) is 0.443. The van der Waals surface area contributed by atoms with Gasteiger partial charge in [-0.2, -0.15) is 0 Å². The standard InChI is InChI=1S/C28H27N5O5/c1-17-10-22(31-38-17)23-4-3-8-33(23)28(35)20-11-18-12-21(13-20)32-9-7-29-27(32)19-5-6-24(36-2)25(14-19)37-16-26(34)30-15-18/h5-7,9-14,23H,3-4,8,15-16H2,1-2H3,(H,30,34). The van der Waals surface area contributed by atoms with E-state index in [1.165, 1.54) is 0 Å². The Labute approximate surface area is 219 Å². The lowest BCUT2D eigenvalue weighted by atomic mass is 10.1. The van der Waals surface area contributed by atoms with Crippen LogP contribution >= 0.6 is 0 Å². The van der Waals surface area contributed by atoms with Crippen molar-refractivity contribution in [2.75, 3.05) is 20.3 Å².